The lowest BCUT2D eigenvalue weighted by Crippen LogP contribution is -2.06. The van der Waals surface area contributed by atoms with Crippen LogP contribution in [-0.2, 0) is 0 Å². The molecule has 0 fully saturated rings. The van der Waals surface area contributed by atoms with Gasteiger partial charge in [-0.2, -0.15) is 0 Å². The van der Waals surface area contributed by atoms with E-state index >= 15 is 0 Å². The molecule has 1 atom stereocenters. The highest BCUT2D eigenvalue weighted by Crippen LogP contribution is 2.23. The highest BCUT2D eigenvalue weighted by Gasteiger charge is 2.12. The van der Waals surface area contributed by atoms with Gasteiger partial charge in [-0.25, -0.2) is 4.98 Å². The molecule has 2 aromatic heterocycles. The number of nitrogens with zero attached hydrogens (tertiary/aromatic N) is 2. The van der Waals surface area contributed by atoms with Crippen LogP contribution < -0.4 is 10.5 Å². The summed E-state index contributed by atoms with van der Waals surface area (Å²) in [6, 6.07) is 5.40. The summed E-state index contributed by atoms with van der Waals surface area (Å²) in [5.41, 5.74) is 7.48. The summed E-state index contributed by atoms with van der Waals surface area (Å²) < 4.78 is 10.2. The third-order valence-electron chi connectivity index (χ3n) is 2.57. The van der Waals surface area contributed by atoms with Crippen LogP contribution in [0.3, 0.4) is 0 Å². The lowest BCUT2D eigenvalue weighted by atomic mass is 10.1. The summed E-state index contributed by atoms with van der Waals surface area (Å²) in [6.45, 7) is 2.00. The van der Waals surface area contributed by atoms with Crippen LogP contribution in [0.2, 0.25) is 0 Å². The van der Waals surface area contributed by atoms with Gasteiger partial charge in [-0.1, -0.05) is 12.1 Å². The number of pyridine rings is 1. The Labute approximate surface area is 99.6 Å². The quantitative estimate of drug-likeness (QED) is 0.875. The molecule has 0 saturated heterocycles. The van der Waals surface area contributed by atoms with E-state index in [1.165, 1.54) is 0 Å². The van der Waals surface area contributed by atoms with E-state index in [1.54, 1.807) is 19.4 Å². The Balaban J connectivity index is 2.24. The molecule has 0 aromatic carbocycles. The van der Waals surface area contributed by atoms with Crippen molar-refractivity contribution >= 4 is 0 Å². The van der Waals surface area contributed by atoms with Gasteiger partial charge in [0.1, 0.15) is 5.69 Å². The number of rotatable bonds is 4. The van der Waals surface area contributed by atoms with Gasteiger partial charge in [-0.05, 0) is 12.5 Å². The van der Waals surface area contributed by atoms with Crippen LogP contribution in [0.1, 0.15) is 25.1 Å². The van der Waals surface area contributed by atoms with E-state index in [2.05, 4.69) is 10.1 Å². The molecule has 5 heteroatoms. The van der Waals surface area contributed by atoms with E-state index in [-0.39, 0.29) is 6.04 Å². The Morgan fingerprint density at radius 3 is 2.88 bits per heavy atom. The van der Waals surface area contributed by atoms with E-state index in [0.29, 0.717) is 11.6 Å². The van der Waals surface area contributed by atoms with E-state index in [1.807, 2.05) is 19.1 Å². The minimum absolute atomic E-state index is 0.109. The van der Waals surface area contributed by atoms with Gasteiger partial charge >= 0.3 is 0 Å². The Kier molecular flexibility index (Phi) is 3.39. The maximum atomic E-state index is 5.86. The van der Waals surface area contributed by atoms with Gasteiger partial charge in [0.15, 0.2) is 5.76 Å². The third-order valence-corrected chi connectivity index (χ3v) is 2.57. The van der Waals surface area contributed by atoms with Gasteiger partial charge < -0.3 is 15.0 Å². The van der Waals surface area contributed by atoms with Crippen molar-refractivity contribution in [3.05, 3.63) is 30.2 Å². The minimum atomic E-state index is -0.109. The van der Waals surface area contributed by atoms with Gasteiger partial charge in [-0.3, -0.25) is 0 Å². The van der Waals surface area contributed by atoms with Crippen LogP contribution in [0.4, 0.5) is 0 Å². The number of hydrogen-bond acceptors (Lipinski definition) is 5. The van der Waals surface area contributed by atoms with E-state index in [4.69, 9.17) is 15.0 Å². The van der Waals surface area contributed by atoms with Crippen molar-refractivity contribution in [2.24, 2.45) is 5.73 Å². The monoisotopic (exact) mass is 233 g/mol. The van der Waals surface area contributed by atoms with Crippen molar-refractivity contribution in [1.82, 2.24) is 10.1 Å². The second kappa shape index (κ2) is 4.97. The Bertz CT molecular complexity index is 479. The maximum absolute atomic E-state index is 5.86. The summed E-state index contributed by atoms with van der Waals surface area (Å²) >= 11 is 0. The Hall–Kier alpha value is -1.88. The number of aromatic nitrogens is 2. The molecule has 0 aliphatic carbocycles. The average Bonchev–Trinajstić information content (AvgIpc) is 2.87. The average molecular weight is 233 g/mol. The molecule has 17 heavy (non-hydrogen) atoms. The molecule has 0 saturated carbocycles. The number of methoxy groups -OCH3 is 1. The van der Waals surface area contributed by atoms with E-state index < -0.39 is 0 Å². The standard InChI is InChI=1S/C12H15N3O2/c1-3-9(13)11-6-10(15-17-11)8-4-5-12(16-2)14-7-8/h4-7,9H,3,13H2,1-2H3. The van der Waals surface area contributed by atoms with E-state index in [0.717, 1.165) is 17.7 Å². The van der Waals surface area contributed by atoms with E-state index in [9.17, 15) is 0 Å². The van der Waals surface area contributed by atoms with Crippen molar-refractivity contribution in [2.45, 2.75) is 19.4 Å². The van der Waals surface area contributed by atoms with Crippen molar-refractivity contribution in [2.75, 3.05) is 7.11 Å². The van der Waals surface area contributed by atoms with Crippen LogP contribution in [-0.4, -0.2) is 17.3 Å². The second-order valence-corrected chi connectivity index (χ2v) is 3.72. The van der Waals surface area contributed by atoms with Crippen molar-refractivity contribution in [3.8, 4) is 17.1 Å². The topological polar surface area (TPSA) is 74.2 Å². The van der Waals surface area contributed by atoms with Gasteiger partial charge in [0.05, 0.1) is 13.2 Å². The minimum Gasteiger partial charge on any atom is -0.481 e. The summed E-state index contributed by atoms with van der Waals surface area (Å²) in [6.07, 6.45) is 2.51. The summed E-state index contributed by atoms with van der Waals surface area (Å²) in [5, 5.41) is 3.98. The number of nitrogens with two attached hydrogens (primary N) is 1. The molecule has 0 aliphatic rings. The van der Waals surface area contributed by atoms with Gasteiger partial charge in [-0.15, -0.1) is 0 Å². The SMILES string of the molecule is CCC(N)c1cc(-c2ccc(OC)nc2)no1. The first kappa shape index (κ1) is 11.6. The highest BCUT2D eigenvalue weighted by molar-refractivity contribution is 5.58. The fourth-order valence-electron chi connectivity index (χ4n) is 1.45. The zero-order valence-corrected chi connectivity index (χ0v) is 9.88. The first-order valence-corrected chi connectivity index (χ1v) is 5.47. The molecule has 2 aromatic rings. The molecule has 0 amide bonds. The zero-order chi connectivity index (χ0) is 12.3. The molecular formula is C12H15N3O2. The summed E-state index contributed by atoms with van der Waals surface area (Å²) in [5.74, 6) is 1.26. The largest absolute Gasteiger partial charge is 0.481 e. The molecule has 0 spiro atoms. The van der Waals surface area contributed by atoms with Crippen molar-refractivity contribution in [3.63, 3.8) is 0 Å². The number of hydrogen-bond donors (Lipinski definition) is 1. The molecule has 5 nitrogen and oxygen atoms in total. The predicted octanol–water partition coefficient (Wildman–Crippen LogP) is 2.16. The molecule has 2 rings (SSSR count). The molecule has 0 aliphatic heterocycles. The normalized spacial score (nSPS) is 12.4. The third kappa shape index (κ3) is 2.45. The number of ether oxygens (including phenoxy) is 1. The maximum Gasteiger partial charge on any atom is 0.212 e. The summed E-state index contributed by atoms with van der Waals surface area (Å²) in [4.78, 5) is 4.11. The molecule has 2 N–H and O–H groups in total. The fraction of sp³-hybridized carbons (Fsp3) is 0.333. The Morgan fingerprint density at radius 2 is 2.29 bits per heavy atom. The summed E-state index contributed by atoms with van der Waals surface area (Å²) in [7, 11) is 1.58. The molecule has 1 unspecified atom stereocenters. The van der Waals surface area contributed by atoms with Gasteiger partial charge in [0.25, 0.3) is 0 Å². The first-order valence-electron chi connectivity index (χ1n) is 5.47. The zero-order valence-electron chi connectivity index (χ0n) is 9.88. The molecule has 2 heterocycles. The molecule has 0 radical (unpaired) electrons. The van der Waals surface area contributed by atoms with Crippen molar-refractivity contribution in [1.29, 1.82) is 0 Å². The molecule has 90 valence electrons. The Morgan fingerprint density at radius 1 is 1.47 bits per heavy atom. The molecule has 0 bridgehead atoms. The first-order chi connectivity index (χ1) is 8.24. The molecular weight excluding hydrogens is 218 g/mol. The van der Waals surface area contributed by atoms with Crippen LogP contribution in [0.15, 0.2) is 28.9 Å². The van der Waals surface area contributed by atoms with Gasteiger partial charge in [0, 0.05) is 23.9 Å². The fourth-order valence-corrected chi connectivity index (χ4v) is 1.45. The van der Waals surface area contributed by atoms with Crippen LogP contribution in [0.5, 0.6) is 5.88 Å². The lowest BCUT2D eigenvalue weighted by molar-refractivity contribution is 0.360. The highest BCUT2D eigenvalue weighted by atomic mass is 16.5. The van der Waals surface area contributed by atoms with Crippen LogP contribution in [0, 0.1) is 0 Å². The van der Waals surface area contributed by atoms with Crippen LogP contribution >= 0.6 is 0 Å². The smallest absolute Gasteiger partial charge is 0.212 e. The van der Waals surface area contributed by atoms with Gasteiger partial charge in [0.2, 0.25) is 5.88 Å². The predicted molar refractivity (Wildman–Crippen MR) is 63.5 cm³/mol. The lowest BCUT2D eigenvalue weighted by Gasteiger charge is -2.00. The van der Waals surface area contributed by atoms with Crippen molar-refractivity contribution < 1.29 is 9.26 Å². The van der Waals surface area contributed by atoms with Crippen LogP contribution in [0.25, 0.3) is 11.3 Å². The second-order valence-electron chi connectivity index (χ2n) is 3.72.